The number of aromatic nitrogens is 2. The van der Waals surface area contributed by atoms with E-state index in [4.69, 9.17) is 38.2 Å². The Morgan fingerprint density at radius 3 is 1.27 bits per heavy atom. The zero-order valence-electron chi connectivity index (χ0n) is 70.5. The van der Waals surface area contributed by atoms with Gasteiger partial charge < -0.3 is 38.2 Å². The zero-order valence-corrected chi connectivity index (χ0v) is 74.1. The van der Waals surface area contributed by atoms with Crippen LogP contribution in [0.25, 0.3) is 65.6 Å². The maximum atomic E-state index is 13.7. The summed E-state index contributed by atoms with van der Waals surface area (Å²) in [6.45, 7) is 26.4. The summed E-state index contributed by atoms with van der Waals surface area (Å²) in [5, 5.41) is 5.82. The number of ether oxygens (including phenoxy) is 4. The molecule has 5 fully saturated rings. The third kappa shape index (κ3) is 19.2. The number of benzene rings is 8. The number of amides is 4. The third-order valence-electron chi connectivity index (χ3n) is 23.9. The lowest BCUT2D eigenvalue weighted by Crippen LogP contribution is -2.43. The van der Waals surface area contributed by atoms with E-state index in [1.807, 2.05) is 175 Å². The molecule has 0 spiro atoms. The number of hydrogen-bond donors (Lipinski definition) is 2. The number of pyridine rings is 2. The van der Waals surface area contributed by atoms with Crippen LogP contribution in [0.5, 0.6) is 0 Å². The molecule has 4 amide bonds. The fourth-order valence-electron chi connectivity index (χ4n) is 17.0. The van der Waals surface area contributed by atoms with Crippen molar-refractivity contribution in [3.8, 4) is 11.1 Å². The van der Waals surface area contributed by atoms with E-state index < -0.39 is 11.2 Å². The van der Waals surface area contributed by atoms with Crippen molar-refractivity contribution in [3.05, 3.63) is 252 Å². The molecule has 9 heterocycles. The Morgan fingerprint density at radius 2 is 0.833 bits per heavy atom. The molecule has 2 aromatic heterocycles. The molecule has 7 aliphatic rings. The second-order valence-electron chi connectivity index (χ2n) is 35.0. The standard InChI is InChI=1S/C45H46N4O5.C29H37BN2O4.C22H21BrN2O3.2H2S/c1-28-41(40-13-9-21-49(40)43(51)53-27-29-10-6-5-7-11-29)47-37-24-34(18-19-36(37)42(28)50)32-15-14-31-23-33(17-16-30(31)22-32)35-25-38(46-26-35)39-12-8-20-48(39)44(52)54-45(2,3)4;1-27(2,3)34-26(33)32-14-8-9-25(32)24-17-22(18-31-24)20-10-11-21-16-23(13-12-19(21)15-20)30-35-28(4,5)29(6,7)36-30;1-14-20(24-18-12-16(23)9-10-17(18)21(14)26)19-8-5-11-25(19)22(27)28-13-15-6-3-2-4-7-15;;/h5-7,10-11,14-19,22-24,26,39-40H,8-9,12-13,20-21,25,27H2,1-4H3,(H,47,50);10-13,15-16,18,25H,8-9,14,17H2,1-7H3;2-4,6-7,9-10,12,19H,5,8,11,13H2,1H3,(H,24,26);2*1H2/t39-,40?;25-;;;/m00.../s1. The Hall–Kier alpha value is -10.2. The largest absolute Gasteiger partial charge is 0.494 e. The number of nitrogens with one attached hydrogen (secondary N) is 2. The van der Waals surface area contributed by atoms with E-state index >= 15 is 0 Å². The number of H-pyrrole nitrogens is 2. The number of aromatic amines is 2. The number of likely N-dealkylation sites (tertiary alicyclic amines) is 4. The van der Waals surface area contributed by atoms with Crippen LogP contribution in [-0.4, -0.2) is 133 Å². The van der Waals surface area contributed by atoms with E-state index in [2.05, 4.69) is 126 Å². The van der Waals surface area contributed by atoms with Crippen molar-refractivity contribution in [2.24, 2.45) is 9.98 Å². The van der Waals surface area contributed by atoms with Crippen LogP contribution in [-0.2, 0) is 41.5 Å². The highest BCUT2D eigenvalue weighted by Gasteiger charge is 2.52. The Bertz CT molecular complexity index is 5800. The van der Waals surface area contributed by atoms with Gasteiger partial charge in [-0.1, -0.05) is 137 Å². The van der Waals surface area contributed by atoms with E-state index in [0.29, 0.717) is 48.0 Å². The molecule has 0 radical (unpaired) electrons. The summed E-state index contributed by atoms with van der Waals surface area (Å²) in [7, 11) is -0.369. The van der Waals surface area contributed by atoms with E-state index in [9.17, 15) is 28.8 Å². The van der Waals surface area contributed by atoms with Crippen LogP contribution < -0.4 is 16.3 Å². The molecule has 2 unspecified atom stereocenters. The lowest BCUT2D eigenvalue weighted by atomic mass is 9.78. The number of aliphatic imine (C=N–C) groups is 2. The number of carbonyl (C=O) groups excluding carboxylic acids is 4. The SMILES string of the molecule is CC(C)(C)OC(=O)N1CCC[C@H]1C1=NC=C(c2ccc3cc(B4OC(C)(C)C(C)(C)O4)ccc3c2)C1.Cc1c(C2CCCN2C(=O)OCc2ccccc2)[nH]c2cc(-c3ccc4cc(C5=CN=C([C@@H]6CCCN6C(=O)OC(C)(C)C)C5)ccc4c3)ccc2c1=O.Cc1c(C2CCCN2C(=O)OCc2ccccc2)[nH]c2cc(Br)ccc2c1=O.S.S. The minimum atomic E-state index is -0.536. The van der Waals surface area contributed by atoms with Gasteiger partial charge in [-0.2, -0.15) is 27.0 Å². The molecule has 4 atom stereocenters. The molecular weight excluding hydrogens is 1610 g/mol. The summed E-state index contributed by atoms with van der Waals surface area (Å²) in [5.74, 6) is 0. The normalized spacial score (nSPS) is 19.2. The van der Waals surface area contributed by atoms with Gasteiger partial charge in [-0.3, -0.25) is 39.2 Å². The van der Waals surface area contributed by atoms with Crippen LogP contribution in [0.1, 0.15) is 190 Å². The molecule has 10 aromatic rings. The van der Waals surface area contributed by atoms with E-state index in [1.165, 1.54) is 11.0 Å². The van der Waals surface area contributed by atoms with Crippen molar-refractivity contribution in [2.45, 2.75) is 207 Å². The van der Waals surface area contributed by atoms with Gasteiger partial charge >= 0.3 is 31.5 Å². The summed E-state index contributed by atoms with van der Waals surface area (Å²) in [4.78, 5) is 102. The first-order chi connectivity index (χ1) is 56.4. The summed E-state index contributed by atoms with van der Waals surface area (Å²) < 4.78 is 35.9. The molecule has 120 heavy (non-hydrogen) atoms. The molecule has 7 aliphatic heterocycles. The topological polar surface area (TPSA) is 227 Å². The lowest BCUT2D eigenvalue weighted by Gasteiger charge is -2.32. The van der Waals surface area contributed by atoms with Crippen LogP contribution in [0.15, 0.2) is 206 Å². The molecule has 0 saturated carbocycles. The van der Waals surface area contributed by atoms with Gasteiger partial charge in [0.15, 0.2) is 10.9 Å². The number of allylic oxidation sites excluding steroid dienone is 2. The smallest absolute Gasteiger partial charge is 0.445 e. The Morgan fingerprint density at radius 1 is 0.467 bits per heavy atom. The van der Waals surface area contributed by atoms with Crippen molar-refractivity contribution in [3.63, 3.8) is 0 Å². The highest BCUT2D eigenvalue weighted by atomic mass is 79.9. The maximum absolute atomic E-state index is 13.7. The zero-order chi connectivity index (χ0) is 83.1. The first kappa shape index (κ1) is 87.6. The highest BCUT2D eigenvalue weighted by molar-refractivity contribution is 9.10. The maximum Gasteiger partial charge on any atom is 0.494 e. The monoisotopic (exact) mass is 1720 g/mol. The average molecular weight is 1720 g/mol. The molecule has 0 aliphatic carbocycles. The predicted molar refractivity (Wildman–Crippen MR) is 492 cm³/mol. The van der Waals surface area contributed by atoms with Crippen LogP contribution in [0.4, 0.5) is 19.2 Å². The van der Waals surface area contributed by atoms with E-state index in [-0.39, 0.29) is 118 Å². The Kier molecular flexibility index (Phi) is 26.4. The Labute approximate surface area is 724 Å². The van der Waals surface area contributed by atoms with E-state index in [1.54, 1.807) is 9.80 Å². The third-order valence-corrected chi connectivity index (χ3v) is 24.4. The summed E-state index contributed by atoms with van der Waals surface area (Å²) in [5.41, 5.74) is 14.2. The molecule has 17 rings (SSSR count). The quantitative estimate of drug-likeness (QED) is 0.0860. The number of halogens is 1. The summed E-state index contributed by atoms with van der Waals surface area (Å²) >= 11 is 3.45. The molecule has 8 aromatic carbocycles. The Balaban J connectivity index is 0.000000164. The second kappa shape index (κ2) is 36.2. The summed E-state index contributed by atoms with van der Waals surface area (Å²) in [6, 6.07) is 56.1. The van der Waals surface area contributed by atoms with Crippen molar-refractivity contribution in [1.29, 1.82) is 0 Å². The molecule has 24 heteroatoms. The van der Waals surface area contributed by atoms with Gasteiger partial charge in [-0.15, -0.1) is 0 Å². The number of nitrogens with zero attached hydrogens (tertiary/aromatic N) is 6. The van der Waals surface area contributed by atoms with Crippen molar-refractivity contribution >= 4 is 146 Å². The van der Waals surface area contributed by atoms with Crippen molar-refractivity contribution < 1.29 is 47.4 Å². The molecule has 626 valence electrons. The van der Waals surface area contributed by atoms with Crippen LogP contribution in [0.2, 0.25) is 0 Å². The minimum Gasteiger partial charge on any atom is -0.445 e. The fraction of sp³-hybridized carbons (Fsp3) is 0.375. The van der Waals surface area contributed by atoms with Gasteiger partial charge in [0.2, 0.25) is 0 Å². The van der Waals surface area contributed by atoms with Crippen LogP contribution >= 0.6 is 42.9 Å². The van der Waals surface area contributed by atoms with Crippen molar-refractivity contribution in [2.75, 3.05) is 26.2 Å². The van der Waals surface area contributed by atoms with Gasteiger partial charge in [0.1, 0.15) is 24.4 Å². The average Bonchev–Trinajstić information content (AvgIpc) is 1.69. The number of rotatable bonds is 12. The highest BCUT2D eigenvalue weighted by Crippen LogP contribution is 2.41. The first-order valence-corrected chi connectivity index (χ1v) is 42.1. The van der Waals surface area contributed by atoms with Crippen molar-refractivity contribution in [1.82, 2.24) is 29.6 Å². The number of fused-ring (bicyclic) bond motifs is 4. The molecule has 20 nitrogen and oxygen atoms in total. The number of carbonyl (C=O) groups is 4. The second-order valence-corrected chi connectivity index (χ2v) is 35.9. The minimum absolute atomic E-state index is 0. The van der Waals surface area contributed by atoms with Crippen LogP contribution in [0.3, 0.4) is 0 Å². The fourth-order valence-corrected chi connectivity index (χ4v) is 17.3. The van der Waals surface area contributed by atoms with E-state index in [0.717, 1.165) is 163 Å². The van der Waals surface area contributed by atoms with Gasteiger partial charge in [0.25, 0.3) is 0 Å². The van der Waals surface area contributed by atoms with Gasteiger partial charge in [-0.05, 0) is 255 Å². The first-order valence-electron chi connectivity index (χ1n) is 41.3. The predicted octanol–water partition coefficient (Wildman–Crippen LogP) is 20.7. The lowest BCUT2D eigenvalue weighted by molar-refractivity contribution is 0.00578. The molecular formula is C96H108BBrN8O12S2. The van der Waals surface area contributed by atoms with Crippen LogP contribution in [0, 0.1) is 13.8 Å². The van der Waals surface area contributed by atoms with Gasteiger partial charge in [0, 0.05) is 101 Å². The van der Waals surface area contributed by atoms with Gasteiger partial charge in [-0.25, -0.2) is 19.2 Å². The molecule has 0 bridgehead atoms. The molecule has 2 N–H and O–H groups in total. The van der Waals surface area contributed by atoms with Gasteiger partial charge in [0.05, 0.1) is 46.4 Å². The summed E-state index contributed by atoms with van der Waals surface area (Å²) in [6.07, 6.45) is 11.1. The number of hydrogen-bond acceptors (Lipinski definition) is 14. The molecule has 5 saturated heterocycles.